The van der Waals surface area contributed by atoms with Gasteiger partial charge in [0.25, 0.3) is 0 Å². The van der Waals surface area contributed by atoms with Crippen molar-refractivity contribution in [3.63, 3.8) is 0 Å². The SMILES string of the molecule is COC(=O)[C@@]1(Sc2ccc(C)cc2)CC(=O)NC1c1ccc(F)cc1F. The molecule has 0 spiro atoms. The van der Waals surface area contributed by atoms with Crippen LogP contribution in [0.4, 0.5) is 8.78 Å². The van der Waals surface area contributed by atoms with Gasteiger partial charge in [0, 0.05) is 16.5 Å². The first kappa shape index (κ1) is 18.4. The number of esters is 1. The smallest absolute Gasteiger partial charge is 0.325 e. The number of hydrogen-bond donors (Lipinski definition) is 1. The normalized spacial score (nSPS) is 22.2. The molecule has 1 amide bonds. The van der Waals surface area contributed by atoms with Gasteiger partial charge in [-0.05, 0) is 25.1 Å². The number of nitrogens with one attached hydrogen (secondary N) is 1. The molecule has 1 unspecified atom stereocenters. The van der Waals surface area contributed by atoms with Crippen molar-refractivity contribution in [1.29, 1.82) is 0 Å². The van der Waals surface area contributed by atoms with E-state index in [9.17, 15) is 18.4 Å². The molecule has 2 atom stereocenters. The second-order valence-corrected chi connectivity index (χ2v) is 7.54. The van der Waals surface area contributed by atoms with Crippen molar-refractivity contribution in [2.75, 3.05) is 7.11 Å². The Hall–Kier alpha value is -2.41. The molecule has 1 aliphatic rings. The van der Waals surface area contributed by atoms with E-state index in [1.165, 1.54) is 13.2 Å². The quantitative estimate of drug-likeness (QED) is 0.828. The van der Waals surface area contributed by atoms with Crippen molar-refractivity contribution in [1.82, 2.24) is 5.32 Å². The van der Waals surface area contributed by atoms with E-state index < -0.39 is 34.3 Å². The van der Waals surface area contributed by atoms with Crippen molar-refractivity contribution in [3.8, 4) is 0 Å². The molecule has 26 heavy (non-hydrogen) atoms. The van der Waals surface area contributed by atoms with Crippen molar-refractivity contribution in [3.05, 3.63) is 65.2 Å². The maximum Gasteiger partial charge on any atom is 0.325 e. The Morgan fingerprint density at radius 2 is 1.92 bits per heavy atom. The summed E-state index contributed by atoms with van der Waals surface area (Å²) in [4.78, 5) is 25.6. The van der Waals surface area contributed by atoms with Gasteiger partial charge in [-0.1, -0.05) is 23.8 Å². The van der Waals surface area contributed by atoms with E-state index in [2.05, 4.69) is 5.32 Å². The summed E-state index contributed by atoms with van der Waals surface area (Å²) in [5, 5.41) is 2.65. The Morgan fingerprint density at radius 3 is 2.54 bits per heavy atom. The van der Waals surface area contributed by atoms with Crippen molar-refractivity contribution >= 4 is 23.6 Å². The van der Waals surface area contributed by atoms with E-state index in [1.54, 1.807) is 0 Å². The molecule has 1 fully saturated rings. The molecule has 4 nitrogen and oxygen atoms in total. The molecule has 3 rings (SSSR count). The third-order valence-electron chi connectivity index (χ3n) is 4.32. The predicted octanol–water partition coefficient (Wildman–Crippen LogP) is 3.54. The molecule has 0 bridgehead atoms. The van der Waals surface area contributed by atoms with E-state index in [0.29, 0.717) is 0 Å². The van der Waals surface area contributed by atoms with Crippen molar-refractivity contribution in [2.45, 2.75) is 29.0 Å². The number of amides is 1. The van der Waals surface area contributed by atoms with Gasteiger partial charge in [-0.3, -0.25) is 9.59 Å². The van der Waals surface area contributed by atoms with E-state index in [-0.39, 0.29) is 12.0 Å². The Labute approximate surface area is 153 Å². The molecule has 1 N–H and O–H groups in total. The summed E-state index contributed by atoms with van der Waals surface area (Å²) < 4.78 is 31.2. The minimum Gasteiger partial charge on any atom is -0.468 e. The molecule has 1 saturated heterocycles. The van der Waals surface area contributed by atoms with E-state index in [4.69, 9.17) is 4.74 Å². The van der Waals surface area contributed by atoms with Crippen LogP contribution in [0.2, 0.25) is 0 Å². The van der Waals surface area contributed by atoms with Crippen molar-refractivity contribution < 1.29 is 23.1 Å². The Morgan fingerprint density at radius 1 is 1.23 bits per heavy atom. The second kappa shape index (κ2) is 7.07. The summed E-state index contributed by atoms with van der Waals surface area (Å²) in [7, 11) is 1.22. The molecule has 2 aromatic rings. The van der Waals surface area contributed by atoms with E-state index >= 15 is 0 Å². The lowest BCUT2D eigenvalue weighted by Crippen LogP contribution is -2.41. The van der Waals surface area contributed by atoms with Gasteiger partial charge in [0.05, 0.1) is 19.6 Å². The zero-order valence-corrected chi connectivity index (χ0v) is 15.0. The molecule has 0 aromatic heterocycles. The molecular weight excluding hydrogens is 360 g/mol. The van der Waals surface area contributed by atoms with Gasteiger partial charge in [-0.2, -0.15) is 0 Å². The number of benzene rings is 2. The fraction of sp³-hybridized carbons (Fsp3) is 0.263. The number of aryl methyl sites for hydroxylation is 1. The predicted molar refractivity (Wildman–Crippen MR) is 93.6 cm³/mol. The Bertz CT molecular complexity index is 856. The lowest BCUT2D eigenvalue weighted by Gasteiger charge is -2.31. The van der Waals surface area contributed by atoms with Crippen LogP contribution >= 0.6 is 11.8 Å². The molecule has 7 heteroatoms. The fourth-order valence-corrected chi connectivity index (χ4v) is 4.42. The number of hydrogen-bond acceptors (Lipinski definition) is 4. The number of halogens is 2. The average Bonchev–Trinajstić information content (AvgIpc) is 2.93. The van der Waals surface area contributed by atoms with Gasteiger partial charge in [-0.25, -0.2) is 8.78 Å². The topological polar surface area (TPSA) is 55.4 Å². The number of methoxy groups -OCH3 is 1. The first-order valence-corrected chi connectivity index (χ1v) is 8.76. The molecule has 1 heterocycles. The second-order valence-electron chi connectivity index (χ2n) is 6.14. The lowest BCUT2D eigenvalue weighted by atomic mass is 9.92. The minimum absolute atomic E-state index is 0.0438. The number of thioether (sulfide) groups is 1. The van der Waals surface area contributed by atoms with Crippen LogP contribution in [0, 0.1) is 18.6 Å². The van der Waals surface area contributed by atoms with Gasteiger partial charge < -0.3 is 10.1 Å². The third-order valence-corrected chi connectivity index (χ3v) is 5.74. The van der Waals surface area contributed by atoms with Gasteiger partial charge in [-0.15, -0.1) is 11.8 Å². The molecule has 136 valence electrons. The summed E-state index contributed by atoms with van der Waals surface area (Å²) in [5.74, 6) is -2.60. The van der Waals surface area contributed by atoms with E-state index in [1.807, 2.05) is 31.2 Å². The van der Waals surface area contributed by atoms with E-state index in [0.717, 1.165) is 34.4 Å². The number of carbonyl (C=O) groups excluding carboxylic acids is 2. The molecule has 2 aromatic carbocycles. The summed E-state index contributed by atoms with van der Waals surface area (Å²) in [6.07, 6.45) is -0.167. The zero-order chi connectivity index (χ0) is 18.9. The monoisotopic (exact) mass is 377 g/mol. The lowest BCUT2D eigenvalue weighted by molar-refractivity contribution is -0.144. The third kappa shape index (κ3) is 3.31. The largest absolute Gasteiger partial charge is 0.468 e. The zero-order valence-electron chi connectivity index (χ0n) is 14.2. The van der Waals surface area contributed by atoms with Gasteiger partial charge in [0.15, 0.2) is 4.75 Å². The Kier molecular flexibility index (Phi) is 5.00. The highest BCUT2D eigenvalue weighted by atomic mass is 32.2. The van der Waals surface area contributed by atoms with Crippen LogP contribution in [0.25, 0.3) is 0 Å². The summed E-state index contributed by atoms with van der Waals surface area (Å²) in [6, 6.07) is 9.51. The maximum atomic E-state index is 14.4. The first-order valence-electron chi connectivity index (χ1n) is 7.94. The molecule has 0 aliphatic carbocycles. The molecule has 1 aliphatic heterocycles. The van der Waals surface area contributed by atoms with Gasteiger partial charge in [0.1, 0.15) is 11.6 Å². The van der Waals surface area contributed by atoms with Crippen molar-refractivity contribution in [2.24, 2.45) is 0 Å². The highest BCUT2D eigenvalue weighted by Gasteiger charge is 2.56. The number of rotatable bonds is 4. The van der Waals surface area contributed by atoms with Crippen LogP contribution in [0.1, 0.15) is 23.6 Å². The first-order chi connectivity index (χ1) is 12.4. The van der Waals surface area contributed by atoms with Crippen LogP contribution in [-0.4, -0.2) is 23.7 Å². The average molecular weight is 377 g/mol. The summed E-state index contributed by atoms with van der Waals surface area (Å²) >= 11 is 1.14. The highest BCUT2D eigenvalue weighted by molar-refractivity contribution is 8.01. The van der Waals surface area contributed by atoms with Crippen LogP contribution in [-0.2, 0) is 14.3 Å². The van der Waals surface area contributed by atoms with Crippen LogP contribution in [0.5, 0.6) is 0 Å². The van der Waals surface area contributed by atoms with Crippen LogP contribution in [0.15, 0.2) is 47.4 Å². The summed E-state index contributed by atoms with van der Waals surface area (Å²) in [6.45, 7) is 1.93. The summed E-state index contributed by atoms with van der Waals surface area (Å²) in [5.41, 5.74) is 1.09. The molecular formula is C19H17F2NO3S. The molecule has 0 saturated carbocycles. The van der Waals surface area contributed by atoms with Gasteiger partial charge in [0.2, 0.25) is 5.91 Å². The number of ether oxygens (including phenoxy) is 1. The fourth-order valence-electron chi connectivity index (χ4n) is 3.05. The highest BCUT2D eigenvalue weighted by Crippen LogP contribution is 2.49. The van der Waals surface area contributed by atoms with Crippen LogP contribution in [0.3, 0.4) is 0 Å². The molecule has 0 radical (unpaired) electrons. The maximum absolute atomic E-state index is 14.4. The number of carbonyl (C=O) groups is 2. The standard InChI is InChI=1S/C19H17F2NO3S/c1-11-3-6-13(7-4-11)26-19(18(24)25-2)10-16(23)22-17(19)14-8-5-12(20)9-15(14)21/h3-9,17H,10H2,1-2H3,(H,22,23)/t17?,19-/m1/s1. The van der Waals surface area contributed by atoms with Crippen LogP contribution < -0.4 is 5.32 Å². The minimum atomic E-state index is -1.39. The Balaban J connectivity index is 2.09. The van der Waals surface area contributed by atoms with Gasteiger partial charge >= 0.3 is 5.97 Å².